The number of hydrogen-bond acceptors (Lipinski definition) is 4. The fourth-order valence-electron chi connectivity index (χ4n) is 1.40. The highest BCUT2D eigenvalue weighted by atomic mass is 32.2. The molecule has 1 aromatic heterocycles. The van der Waals surface area contributed by atoms with Crippen LogP contribution in [-0.2, 0) is 6.61 Å². The molecule has 0 saturated heterocycles. The molecule has 2 N–H and O–H groups in total. The normalized spacial score (nSPS) is 10.2. The summed E-state index contributed by atoms with van der Waals surface area (Å²) in [7, 11) is 0. The van der Waals surface area contributed by atoms with Crippen molar-refractivity contribution in [3.8, 4) is 5.75 Å². The minimum atomic E-state index is 0.429. The van der Waals surface area contributed by atoms with Crippen LogP contribution in [-0.4, -0.2) is 11.2 Å². The maximum absolute atomic E-state index is 5.76. The van der Waals surface area contributed by atoms with Crippen molar-refractivity contribution in [2.75, 3.05) is 12.0 Å². The van der Waals surface area contributed by atoms with Crippen molar-refractivity contribution in [2.24, 2.45) is 0 Å². The molecule has 0 aliphatic heterocycles. The number of nitrogens with two attached hydrogens (primary N) is 1. The lowest BCUT2D eigenvalue weighted by Crippen LogP contribution is -2.00. The Morgan fingerprint density at radius 3 is 2.76 bits per heavy atom. The van der Waals surface area contributed by atoms with Crippen molar-refractivity contribution in [3.63, 3.8) is 0 Å². The average molecular weight is 246 g/mol. The number of thioether (sulfide) groups is 1. The highest BCUT2D eigenvalue weighted by Gasteiger charge is 2.03. The summed E-state index contributed by atoms with van der Waals surface area (Å²) in [5.74, 6) is 1.07. The third kappa shape index (κ3) is 3.14. The zero-order valence-electron chi connectivity index (χ0n) is 9.59. The van der Waals surface area contributed by atoms with Crippen LogP contribution in [0.25, 0.3) is 0 Å². The van der Waals surface area contributed by atoms with Gasteiger partial charge in [-0.05, 0) is 17.9 Å². The zero-order chi connectivity index (χ0) is 12.1. The molecule has 0 saturated carbocycles. The molecule has 88 valence electrons. The fraction of sp³-hybridized carbons (Fsp3) is 0.154. The number of hydrogen-bond donors (Lipinski definition) is 1. The van der Waals surface area contributed by atoms with E-state index in [0.29, 0.717) is 18.2 Å². The van der Waals surface area contributed by atoms with Crippen LogP contribution in [0.4, 0.5) is 5.82 Å². The number of pyridine rings is 1. The van der Waals surface area contributed by atoms with Crippen molar-refractivity contribution >= 4 is 17.6 Å². The molecule has 0 radical (unpaired) electrons. The van der Waals surface area contributed by atoms with Gasteiger partial charge in [0, 0.05) is 11.1 Å². The second-order valence-electron chi connectivity index (χ2n) is 3.53. The molecule has 0 amide bonds. The van der Waals surface area contributed by atoms with Crippen molar-refractivity contribution in [2.45, 2.75) is 11.5 Å². The standard InChI is InChI=1S/C13H14N2OS/c1-17-11-7-12(13(14)15-8-11)16-9-10-5-3-2-4-6-10/h2-8H,9H2,1H3,(H2,14,15). The van der Waals surface area contributed by atoms with Crippen LogP contribution in [0.2, 0.25) is 0 Å². The molecule has 1 aromatic carbocycles. The molecule has 0 fully saturated rings. The van der Waals surface area contributed by atoms with Crippen LogP contribution < -0.4 is 10.5 Å². The van der Waals surface area contributed by atoms with Crippen molar-refractivity contribution < 1.29 is 4.74 Å². The van der Waals surface area contributed by atoms with Gasteiger partial charge in [0.25, 0.3) is 0 Å². The van der Waals surface area contributed by atoms with Gasteiger partial charge in [-0.15, -0.1) is 11.8 Å². The largest absolute Gasteiger partial charge is 0.485 e. The Morgan fingerprint density at radius 2 is 2.06 bits per heavy atom. The molecule has 4 heteroatoms. The van der Waals surface area contributed by atoms with Gasteiger partial charge in [-0.1, -0.05) is 30.3 Å². The van der Waals surface area contributed by atoms with Crippen LogP contribution in [0.15, 0.2) is 47.5 Å². The predicted molar refractivity (Wildman–Crippen MR) is 71.2 cm³/mol. The Balaban J connectivity index is 2.08. The van der Waals surface area contributed by atoms with E-state index in [9.17, 15) is 0 Å². The third-order valence-electron chi connectivity index (χ3n) is 2.33. The first kappa shape index (κ1) is 11.8. The van der Waals surface area contributed by atoms with Gasteiger partial charge in [-0.3, -0.25) is 0 Å². The topological polar surface area (TPSA) is 48.1 Å². The SMILES string of the molecule is CSc1cnc(N)c(OCc2ccccc2)c1. The van der Waals surface area contributed by atoms with Crippen LogP contribution in [0.3, 0.4) is 0 Å². The average Bonchev–Trinajstić information content (AvgIpc) is 2.39. The first-order chi connectivity index (χ1) is 8.29. The van der Waals surface area contributed by atoms with E-state index in [2.05, 4.69) is 4.98 Å². The molecule has 0 aliphatic carbocycles. The quantitative estimate of drug-likeness (QED) is 0.843. The number of rotatable bonds is 4. The fourth-order valence-corrected chi connectivity index (χ4v) is 1.78. The molecule has 0 unspecified atom stereocenters. The third-order valence-corrected chi connectivity index (χ3v) is 3.02. The number of nitrogen functional groups attached to an aromatic ring is 1. The second-order valence-corrected chi connectivity index (χ2v) is 4.41. The van der Waals surface area contributed by atoms with E-state index in [-0.39, 0.29) is 0 Å². The highest BCUT2D eigenvalue weighted by molar-refractivity contribution is 7.98. The Labute approximate surface area is 105 Å². The molecule has 17 heavy (non-hydrogen) atoms. The van der Waals surface area contributed by atoms with Gasteiger partial charge in [0.2, 0.25) is 0 Å². The molecule has 0 aliphatic rings. The molecule has 2 aromatic rings. The second kappa shape index (κ2) is 5.59. The lowest BCUT2D eigenvalue weighted by molar-refractivity contribution is 0.306. The van der Waals surface area contributed by atoms with Crippen molar-refractivity contribution in [3.05, 3.63) is 48.2 Å². The number of anilines is 1. The maximum Gasteiger partial charge on any atom is 0.166 e. The number of ether oxygens (including phenoxy) is 1. The lowest BCUT2D eigenvalue weighted by Gasteiger charge is -2.09. The molecule has 0 spiro atoms. The summed E-state index contributed by atoms with van der Waals surface area (Å²) in [6.07, 6.45) is 3.74. The number of aromatic nitrogens is 1. The summed E-state index contributed by atoms with van der Waals surface area (Å²) in [5, 5.41) is 0. The van der Waals surface area contributed by atoms with E-state index in [4.69, 9.17) is 10.5 Å². The molecule has 2 rings (SSSR count). The van der Waals surface area contributed by atoms with E-state index in [0.717, 1.165) is 10.5 Å². The van der Waals surface area contributed by atoms with Crippen LogP contribution >= 0.6 is 11.8 Å². The van der Waals surface area contributed by atoms with Gasteiger partial charge in [-0.2, -0.15) is 0 Å². The number of nitrogens with zero attached hydrogens (tertiary/aromatic N) is 1. The first-order valence-electron chi connectivity index (χ1n) is 5.26. The molecular formula is C13H14N2OS. The summed E-state index contributed by atoms with van der Waals surface area (Å²) < 4.78 is 5.66. The highest BCUT2D eigenvalue weighted by Crippen LogP contribution is 2.25. The molecule has 0 atom stereocenters. The zero-order valence-corrected chi connectivity index (χ0v) is 10.4. The van der Waals surface area contributed by atoms with Gasteiger partial charge in [0.1, 0.15) is 6.61 Å². The van der Waals surface area contributed by atoms with Crippen molar-refractivity contribution in [1.29, 1.82) is 0 Å². The van der Waals surface area contributed by atoms with E-state index in [1.165, 1.54) is 0 Å². The summed E-state index contributed by atoms with van der Waals surface area (Å²) in [6.45, 7) is 0.505. The van der Waals surface area contributed by atoms with E-state index < -0.39 is 0 Å². The number of benzene rings is 1. The molecular weight excluding hydrogens is 232 g/mol. The predicted octanol–water partition coefficient (Wildman–Crippen LogP) is 2.96. The Hall–Kier alpha value is -1.68. The summed E-state index contributed by atoms with van der Waals surface area (Å²) in [4.78, 5) is 5.14. The van der Waals surface area contributed by atoms with Crippen LogP contribution in [0.1, 0.15) is 5.56 Å². The summed E-state index contributed by atoms with van der Waals surface area (Å²) in [6, 6.07) is 11.9. The van der Waals surface area contributed by atoms with E-state index in [1.54, 1.807) is 18.0 Å². The van der Waals surface area contributed by atoms with Gasteiger partial charge in [0.15, 0.2) is 11.6 Å². The van der Waals surface area contributed by atoms with Gasteiger partial charge < -0.3 is 10.5 Å². The summed E-state index contributed by atoms with van der Waals surface area (Å²) >= 11 is 1.62. The lowest BCUT2D eigenvalue weighted by atomic mass is 10.2. The maximum atomic E-state index is 5.76. The Kier molecular flexibility index (Phi) is 3.88. The van der Waals surface area contributed by atoms with Crippen LogP contribution in [0, 0.1) is 0 Å². The minimum Gasteiger partial charge on any atom is -0.485 e. The monoisotopic (exact) mass is 246 g/mol. The first-order valence-corrected chi connectivity index (χ1v) is 6.48. The van der Waals surface area contributed by atoms with E-state index >= 15 is 0 Å². The van der Waals surface area contributed by atoms with E-state index in [1.807, 2.05) is 42.7 Å². The smallest absolute Gasteiger partial charge is 0.166 e. The van der Waals surface area contributed by atoms with Gasteiger partial charge >= 0.3 is 0 Å². The molecule has 3 nitrogen and oxygen atoms in total. The van der Waals surface area contributed by atoms with Crippen LogP contribution in [0.5, 0.6) is 5.75 Å². The Morgan fingerprint density at radius 1 is 1.29 bits per heavy atom. The molecule has 0 bridgehead atoms. The van der Waals surface area contributed by atoms with Gasteiger partial charge in [0.05, 0.1) is 0 Å². The van der Waals surface area contributed by atoms with Crippen molar-refractivity contribution in [1.82, 2.24) is 4.98 Å². The Bertz CT molecular complexity index is 488. The van der Waals surface area contributed by atoms with Gasteiger partial charge in [-0.25, -0.2) is 4.98 Å². The summed E-state index contributed by atoms with van der Waals surface area (Å²) in [5.41, 5.74) is 6.88. The minimum absolute atomic E-state index is 0.429. The molecule has 1 heterocycles.